The number of nitrogens with one attached hydrogen (secondary N) is 2. The number of rotatable bonds is 17. The van der Waals surface area contributed by atoms with Gasteiger partial charge in [0.1, 0.15) is 5.52 Å². The molecule has 1 saturated heterocycles. The van der Waals surface area contributed by atoms with E-state index in [4.69, 9.17) is 40.4 Å². The number of thiazole rings is 1. The number of benzene rings is 8. The van der Waals surface area contributed by atoms with Gasteiger partial charge >= 0.3 is 5.69 Å². The largest absolute Gasteiger partial charge is 0.399 e. The Hall–Kier alpha value is -10.6. The van der Waals surface area contributed by atoms with Gasteiger partial charge in [0.25, 0.3) is 30.1 Å². The minimum Gasteiger partial charge on any atom is -0.399 e. The van der Waals surface area contributed by atoms with E-state index in [1.165, 1.54) is 59.4 Å². The predicted molar refractivity (Wildman–Crippen MR) is 484 cm³/mol. The number of aromatic nitrogens is 9. The molecule has 1 aliphatic heterocycles. The second-order valence-corrected chi connectivity index (χ2v) is 42.0. The van der Waals surface area contributed by atoms with E-state index in [0.29, 0.717) is 47.6 Å². The summed E-state index contributed by atoms with van der Waals surface area (Å²) >= 11 is 15.1. The van der Waals surface area contributed by atoms with Crippen molar-refractivity contribution < 1.29 is 42.1 Å². The number of H-pyrrole nitrogens is 1. The number of pyridine rings is 1. The molecule has 34 heteroatoms. The van der Waals surface area contributed by atoms with E-state index in [0.717, 1.165) is 147 Å². The van der Waals surface area contributed by atoms with E-state index in [9.17, 15) is 46.9 Å². The zero-order valence-electron chi connectivity index (χ0n) is 66.2. The molecule has 8 aromatic carbocycles. The quantitative estimate of drug-likeness (QED) is 0.0529. The molecule has 3 aliphatic rings. The van der Waals surface area contributed by atoms with Crippen LogP contribution in [-0.4, -0.2) is 133 Å². The van der Waals surface area contributed by atoms with E-state index >= 15 is 0 Å². The average Bonchev–Trinajstić information content (AvgIpc) is 1.65. The van der Waals surface area contributed by atoms with Gasteiger partial charge in [-0.05, 0) is 233 Å². The van der Waals surface area contributed by atoms with Crippen molar-refractivity contribution in [3.63, 3.8) is 0 Å². The Morgan fingerprint density at radius 1 is 0.590 bits per heavy atom. The Bertz CT molecular complexity index is 7490. The zero-order chi connectivity index (χ0) is 85.6. The molecule has 10 heterocycles. The number of anilines is 1. The molecule has 0 saturated carbocycles. The number of aromatic amines is 1. The summed E-state index contributed by atoms with van der Waals surface area (Å²) in [5.74, 6) is 0. The van der Waals surface area contributed by atoms with Gasteiger partial charge in [0.2, 0.25) is 24.7 Å². The molecule has 122 heavy (non-hydrogen) atoms. The number of aryl methyl sites for hydroxylation is 2. The van der Waals surface area contributed by atoms with Crippen molar-refractivity contribution in [1.82, 2.24) is 50.6 Å². The van der Waals surface area contributed by atoms with E-state index in [2.05, 4.69) is 29.7 Å². The molecular formula is C88H86Cl2N14O11S7. The van der Waals surface area contributed by atoms with Gasteiger partial charge in [-0.2, -0.15) is 12.4 Å². The predicted octanol–water partition coefficient (Wildman–Crippen LogP) is 15.0. The number of fused-ring (bicyclic) bond motifs is 11. The molecule has 25 nitrogen and oxygen atoms in total. The topological polar surface area (TPSA) is 352 Å². The van der Waals surface area contributed by atoms with Crippen molar-refractivity contribution in [1.29, 1.82) is 0 Å². The number of hydrogen-bond donors (Lipinski definition) is 5. The molecule has 0 spiro atoms. The molecule has 1 fully saturated rings. The van der Waals surface area contributed by atoms with Crippen molar-refractivity contribution in [2.45, 2.75) is 124 Å². The summed E-state index contributed by atoms with van der Waals surface area (Å²) in [6.45, 7) is 3.03. The fourth-order valence-electron chi connectivity index (χ4n) is 16.1. The van der Waals surface area contributed by atoms with Gasteiger partial charge < -0.3 is 37.0 Å². The third-order valence-corrected chi connectivity index (χ3v) is 33.1. The molecule has 8 N–H and O–H groups in total. The first-order valence-electron chi connectivity index (χ1n) is 39.5. The number of nitrogen functional groups attached to an aromatic ring is 1. The molecule has 17 aromatic rings. The highest BCUT2D eigenvalue weighted by molar-refractivity contribution is 7.92. The van der Waals surface area contributed by atoms with Crippen molar-refractivity contribution in [3.05, 3.63) is 291 Å². The molecule has 2 atom stereocenters. The summed E-state index contributed by atoms with van der Waals surface area (Å²) in [4.78, 5) is 28.7. The first-order valence-corrected chi connectivity index (χ1v) is 49.3. The number of nitrogens with two attached hydrogens (primary N) is 3. The SMILES string of the molecule is CN(C)CCc1cn(S(=O)(=O)c2c(Cl)nc3sccn23)c2ccsc12.NC1CCc2[nH]c3ccc(S(=O)(=O)c4ccccc4)cc3c2C1.NCCn1c(=O)n(S(=O)(=O)c2ccc3ccccc3c2)c2cccnc21.Nc1ccc(S(=O)(=O)n2c3c(c4ccccc42)CCCC3)cc1.O=S(=O)(c1cccc(Cl)c1)c1cn(CC2CCCN2)c2ccccc12. The Kier molecular flexibility index (Phi) is 24.4. The first-order chi connectivity index (χ1) is 58.6. The van der Waals surface area contributed by atoms with Gasteiger partial charge in [0.15, 0.2) is 15.8 Å². The number of likely N-dealkylation sites (N-methyl/N-ethyl adjacent to an activating group) is 1. The fraction of sp³-hybridized carbons (Fsp3) is 0.216. The van der Waals surface area contributed by atoms with Gasteiger partial charge in [0, 0.05) is 118 Å². The van der Waals surface area contributed by atoms with Crippen LogP contribution in [0.3, 0.4) is 0 Å². The standard InChI is InChI=1S/C19H19ClN2O2S.C18H16N4O3S.2C18H18N2O2S.C15H15ClN4O2S3/c20-14-5-3-7-16(11-14)25(23,24)19-13-22(12-15-6-4-10-21-15)18-9-2-1-8-17(18)19;19-9-11-21-17-16(6-3-10-20-17)22(18(21)23)26(24,25)15-8-7-13-4-1-2-5-14(13)12-15;19-13-9-11-14(12-10-13)23(21,22)20-17-7-3-1-5-15(17)16-6-2-4-8-18(16)20;19-12-6-8-17-15(10-12)16-11-14(7-9-18(16)20-17)23(21,22)13-4-2-1-3-5-13;1-18(2)5-3-10-9-20(11-4-7-23-12(10)11)25(21,22)14-13(16)17-15-19(14)6-8-24-15/h1-3,5,7-9,11,13,15,21H,4,6,10,12H2;1-8,10,12H,9,11,19H2;1,3,5,7,9-12H,2,4,6,8,19H2;1-5,7,9,11-12,20H,6,8,10,19H2;4,6-9H,3,5H2,1-2H3. The molecule has 9 aromatic heterocycles. The lowest BCUT2D eigenvalue weighted by Gasteiger charge is -2.18. The number of imidazole rings is 2. The molecule has 0 amide bonds. The van der Waals surface area contributed by atoms with Gasteiger partial charge in [-0.3, -0.25) is 8.97 Å². The minimum absolute atomic E-state index is 0.00114. The Labute approximate surface area is 723 Å². The first kappa shape index (κ1) is 85.0. The van der Waals surface area contributed by atoms with Gasteiger partial charge in [-0.15, -0.1) is 22.7 Å². The third-order valence-electron chi connectivity index (χ3n) is 22.1. The highest BCUT2D eigenvalue weighted by Gasteiger charge is 2.33. The molecule has 2 aliphatic carbocycles. The van der Waals surface area contributed by atoms with Crippen LogP contribution in [0.15, 0.2) is 281 Å². The normalized spacial score (nSPS) is 15.1. The Morgan fingerprint density at radius 3 is 2.03 bits per heavy atom. The second-order valence-electron chi connectivity index (χ2n) is 30.3. The minimum atomic E-state index is -4.08. The Morgan fingerprint density at radius 2 is 1.28 bits per heavy atom. The van der Waals surface area contributed by atoms with Crippen LogP contribution in [0.25, 0.3) is 69.8 Å². The average molecular weight is 1810 g/mol. The van der Waals surface area contributed by atoms with Crippen molar-refractivity contribution >= 4 is 171 Å². The highest BCUT2D eigenvalue weighted by Crippen LogP contribution is 2.39. The van der Waals surface area contributed by atoms with Crippen LogP contribution in [0.4, 0.5) is 5.69 Å². The fourth-order valence-corrected chi connectivity index (χ4v) is 26.0. The van der Waals surface area contributed by atoms with Gasteiger partial charge in [-0.1, -0.05) is 114 Å². The smallest absolute Gasteiger partial charge is 0.344 e. The number of hydrogen-bond acceptors (Lipinski definition) is 20. The molecular weight excluding hydrogens is 1720 g/mol. The highest BCUT2D eigenvalue weighted by atomic mass is 35.5. The molecule has 0 bridgehead atoms. The Balaban J connectivity index is 0.000000113. The van der Waals surface area contributed by atoms with Crippen molar-refractivity contribution in [2.75, 3.05) is 39.5 Å². The third kappa shape index (κ3) is 16.6. The lowest BCUT2D eigenvalue weighted by molar-refractivity contribution is 0.414. The van der Waals surface area contributed by atoms with E-state index in [1.807, 2.05) is 110 Å². The molecule has 2 unspecified atom stereocenters. The van der Waals surface area contributed by atoms with Gasteiger partial charge in [-0.25, -0.2) is 56.4 Å². The van der Waals surface area contributed by atoms with Crippen LogP contribution < -0.4 is 28.2 Å². The van der Waals surface area contributed by atoms with E-state index in [-0.39, 0.29) is 49.5 Å². The van der Waals surface area contributed by atoms with Crippen LogP contribution >= 0.6 is 45.9 Å². The summed E-state index contributed by atoms with van der Waals surface area (Å²) in [6.07, 6.45) is 16.3. The lowest BCUT2D eigenvalue weighted by atomic mass is 9.92. The van der Waals surface area contributed by atoms with E-state index < -0.39 is 55.4 Å². The van der Waals surface area contributed by atoms with Crippen LogP contribution in [0.1, 0.15) is 60.2 Å². The monoisotopic (exact) mass is 1810 g/mol. The van der Waals surface area contributed by atoms with Crippen LogP contribution in [0.5, 0.6) is 0 Å². The van der Waals surface area contributed by atoms with Crippen LogP contribution in [0.2, 0.25) is 10.2 Å². The maximum absolute atomic E-state index is 13.3. The maximum atomic E-state index is 13.3. The van der Waals surface area contributed by atoms with Gasteiger partial charge in [0.05, 0.1) is 45.1 Å². The summed E-state index contributed by atoms with van der Waals surface area (Å²) in [5, 5.41) is 12.1. The van der Waals surface area contributed by atoms with E-state index in [1.54, 1.807) is 142 Å². The van der Waals surface area contributed by atoms with Crippen LogP contribution in [0, 0.1) is 0 Å². The van der Waals surface area contributed by atoms with Crippen LogP contribution in [-0.2, 0) is 94.9 Å². The summed E-state index contributed by atoms with van der Waals surface area (Å²) in [6, 6.07) is 59.9. The maximum Gasteiger partial charge on any atom is 0.344 e. The second kappa shape index (κ2) is 35.0. The summed E-state index contributed by atoms with van der Waals surface area (Å²) in [7, 11) is -14.7. The number of halogens is 2. The molecule has 20 rings (SSSR count). The van der Waals surface area contributed by atoms with Crippen molar-refractivity contribution in [2.24, 2.45) is 11.5 Å². The molecule has 630 valence electrons. The molecule has 0 radical (unpaired) electrons. The summed E-state index contributed by atoms with van der Waals surface area (Å²) in [5.41, 5.74) is 26.6. The zero-order valence-corrected chi connectivity index (χ0v) is 73.4. The number of para-hydroxylation sites is 2. The number of sulfone groups is 2. The number of thiophene rings is 1. The summed E-state index contributed by atoms with van der Waals surface area (Å²) < 4.78 is 141. The number of nitrogens with zero attached hydrogens (tertiary/aromatic N) is 9. The lowest BCUT2D eigenvalue weighted by Crippen LogP contribution is -2.31. The van der Waals surface area contributed by atoms with Crippen molar-refractivity contribution in [3.8, 4) is 0 Å².